The molecule has 0 saturated heterocycles. The molecule has 0 aliphatic carbocycles. The summed E-state index contributed by atoms with van der Waals surface area (Å²) in [7, 11) is -11.4. The van der Waals surface area contributed by atoms with Crippen molar-refractivity contribution in [3.8, 4) is 0 Å². The van der Waals surface area contributed by atoms with E-state index >= 15 is 0 Å². The summed E-state index contributed by atoms with van der Waals surface area (Å²) in [6.45, 7) is 0. The Labute approximate surface area is 195 Å². The summed E-state index contributed by atoms with van der Waals surface area (Å²) in [6.07, 6.45) is 0. The second-order valence-corrected chi connectivity index (χ2v) is 3.42. The summed E-state index contributed by atoms with van der Waals surface area (Å²) in [5, 5.41) is 0. The molecule has 9 nitrogen and oxygen atoms in total. The fourth-order valence-corrected chi connectivity index (χ4v) is 1.10. The second kappa shape index (κ2) is 22.2. The van der Waals surface area contributed by atoms with Crippen LogP contribution < -0.4 is 138 Å². The summed E-state index contributed by atoms with van der Waals surface area (Å²) in [5.74, 6) is 0. The minimum atomic E-state index is -5.68. The van der Waals surface area contributed by atoms with E-state index in [4.69, 9.17) is 0 Å². The van der Waals surface area contributed by atoms with Crippen LogP contribution in [-0.4, -0.2) is 0 Å². The van der Waals surface area contributed by atoms with Gasteiger partial charge in [0.25, 0.3) is 0 Å². The zero-order chi connectivity index (χ0) is 7.71. The molecule has 0 fully saturated rings. The molecule has 0 amide bonds. The van der Waals surface area contributed by atoms with Crippen LogP contribution in [0.15, 0.2) is 0 Å². The Bertz CT molecular complexity index is 166. The van der Waals surface area contributed by atoms with E-state index in [9.17, 15) is 28.7 Å². The van der Waals surface area contributed by atoms with Crippen LogP contribution in [0.1, 0.15) is 0 Å². The molecule has 0 heterocycles. The van der Waals surface area contributed by atoms with E-state index in [-0.39, 0.29) is 151 Å². The van der Waals surface area contributed by atoms with Gasteiger partial charge in [-0.25, -0.2) is 0 Å². The standard InChI is InChI=1S/4Na.H4O7P2.2O.Ti/c;;;;1-8(2,3)7-9(4,5)6;;;/h;;;;(H2,1,2,3)(H2,4,5,6);;;/q4*+1;;2*-2;+4/p-4. The van der Waals surface area contributed by atoms with Gasteiger partial charge < -0.3 is 44.0 Å². The van der Waals surface area contributed by atoms with Crippen LogP contribution in [-0.2, 0) is 46.1 Å². The molecule has 0 radical (unpaired) electrons. The van der Waals surface area contributed by atoms with Gasteiger partial charge in [0.05, 0.1) is 15.6 Å². The molecule has 16 heavy (non-hydrogen) atoms. The average Bonchev–Trinajstić information content (AvgIpc) is 1.14. The van der Waals surface area contributed by atoms with Crippen LogP contribution in [0, 0.1) is 0 Å². The van der Waals surface area contributed by atoms with E-state index in [1.165, 1.54) is 0 Å². The van der Waals surface area contributed by atoms with E-state index in [2.05, 4.69) is 4.31 Å². The van der Waals surface area contributed by atoms with Gasteiger partial charge in [-0.3, -0.25) is 0 Å². The van der Waals surface area contributed by atoms with Gasteiger partial charge in [-0.2, -0.15) is 0 Å². The first-order valence-corrected chi connectivity index (χ1v) is 4.38. The number of phosphoric acid groups is 2. The quantitative estimate of drug-likeness (QED) is 0.350. The largest absolute Gasteiger partial charge is 4.00 e. The Morgan fingerprint density at radius 3 is 0.812 bits per heavy atom. The molecule has 0 aliphatic heterocycles. The van der Waals surface area contributed by atoms with Crippen molar-refractivity contribution in [2.24, 2.45) is 0 Å². The van der Waals surface area contributed by atoms with Gasteiger partial charge in [0.1, 0.15) is 0 Å². The molecule has 0 aromatic heterocycles. The maximum absolute atomic E-state index is 9.32. The molecule has 0 N–H and O–H groups in total. The van der Waals surface area contributed by atoms with Crippen LogP contribution >= 0.6 is 15.6 Å². The molecule has 0 bridgehead atoms. The zero-order valence-corrected chi connectivity index (χ0v) is 20.4. The van der Waals surface area contributed by atoms with E-state index < -0.39 is 15.6 Å². The zero-order valence-electron chi connectivity index (χ0n) is 9.07. The van der Waals surface area contributed by atoms with E-state index in [0.29, 0.717) is 0 Å². The van der Waals surface area contributed by atoms with Crippen LogP contribution in [0.4, 0.5) is 0 Å². The Hall–Kier alpha value is 4.89. The average molecular weight is 346 g/mol. The first-order valence-electron chi connectivity index (χ1n) is 1.46. The Kier molecular flexibility index (Phi) is 68.9. The van der Waals surface area contributed by atoms with Crippen molar-refractivity contribution in [1.29, 1.82) is 0 Å². The van der Waals surface area contributed by atoms with Crippen LogP contribution in [0.2, 0.25) is 0 Å². The molecule has 0 saturated carbocycles. The van der Waals surface area contributed by atoms with Crippen molar-refractivity contribution in [3.63, 3.8) is 0 Å². The fourth-order valence-electron chi connectivity index (χ4n) is 0.122. The predicted molar refractivity (Wildman–Crippen MR) is 17.7 cm³/mol. The number of rotatable bonds is 2. The molecular weight excluding hydrogens is 346 g/mol. The van der Waals surface area contributed by atoms with Crippen molar-refractivity contribution in [3.05, 3.63) is 0 Å². The molecule has 0 aromatic rings. The van der Waals surface area contributed by atoms with Gasteiger partial charge in [-0.05, 0) is 0 Å². The van der Waals surface area contributed by atoms with Gasteiger partial charge in [0.15, 0.2) is 0 Å². The molecule has 0 aliphatic rings. The minimum Gasteiger partial charge on any atom is -2.00 e. The van der Waals surface area contributed by atoms with Crippen molar-refractivity contribution < 1.29 is 184 Å². The first kappa shape index (κ1) is 49.7. The maximum atomic E-state index is 9.32. The second-order valence-electron chi connectivity index (χ2n) is 0.976. The van der Waals surface area contributed by atoms with E-state index in [0.717, 1.165) is 0 Å². The van der Waals surface area contributed by atoms with Crippen molar-refractivity contribution >= 4 is 15.6 Å². The predicted octanol–water partition coefficient (Wildman–Crippen LogP) is -15.6. The Balaban J connectivity index is -0.0000000152. The van der Waals surface area contributed by atoms with E-state index in [1.54, 1.807) is 0 Å². The molecule has 0 rings (SSSR count). The number of hydrogen-bond donors (Lipinski definition) is 0. The third-order valence-corrected chi connectivity index (χ3v) is 1.80. The van der Waals surface area contributed by atoms with Crippen LogP contribution in [0.25, 0.3) is 0 Å². The molecule has 0 unspecified atom stereocenters. The van der Waals surface area contributed by atoms with Crippen molar-refractivity contribution in [2.45, 2.75) is 0 Å². The Morgan fingerprint density at radius 1 is 0.688 bits per heavy atom. The maximum Gasteiger partial charge on any atom is 4.00 e. The summed E-state index contributed by atoms with van der Waals surface area (Å²) >= 11 is 0. The minimum absolute atomic E-state index is 0. The molecule has 16 heteroatoms. The van der Waals surface area contributed by atoms with Gasteiger partial charge in [-0.15, -0.1) is 0 Å². The third-order valence-electron chi connectivity index (χ3n) is 0.200. The molecular formula is Na4O9P2Ti. The Morgan fingerprint density at radius 2 is 0.812 bits per heavy atom. The van der Waals surface area contributed by atoms with Crippen molar-refractivity contribution in [2.75, 3.05) is 0 Å². The SMILES string of the molecule is O=P([O-])([O-])OP(=O)([O-])[O-].[Na+].[Na+].[Na+].[Na+].[O-2].[O-2].[Ti+4]. The fraction of sp³-hybridized carbons (Fsp3) is 0. The van der Waals surface area contributed by atoms with E-state index in [1.807, 2.05) is 0 Å². The van der Waals surface area contributed by atoms with Gasteiger partial charge >= 0.3 is 140 Å². The van der Waals surface area contributed by atoms with Gasteiger partial charge in [0.2, 0.25) is 0 Å². The van der Waals surface area contributed by atoms with Gasteiger partial charge in [-0.1, -0.05) is 0 Å². The molecule has 0 aromatic carbocycles. The monoisotopic (exact) mass is 346 g/mol. The first-order chi connectivity index (χ1) is 3.71. The summed E-state index contributed by atoms with van der Waals surface area (Å²) in [6, 6.07) is 0. The molecule has 0 spiro atoms. The van der Waals surface area contributed by atoms with Crippen LogP contribution in [0.3, 0.4) is 0 Å². The summed E-state index contributed by atoms with van der Waals surface area (Å²) in [4.78, 5) is 37.3. The number of hydrogen-bond acceptors (Lipinski definition) is 7. The molecule has 0 atom stereocenters. The third kappa shape index (κ3) is 51.0. The van der Waals surface area contributed by atoms with Crippen molar-refractivity contribution in [1.82, 2.24) is 0 Å². The molecule has 72 valence electrons. The summed E-state index contributed by atoms with van der Waals surface area (Å²) in [5.41, 5.74) is 0. The normalized spacial score (nSPS) is 7.75. The topological polar surface area (TPSA) is 193 Å². The smallest absolute Gasteiger partial charge is 2.00 e. The van der Waals surface area contributed by atoms with Crippen LogP contribution in [0.5, 0.6) is 0 Å². The van der Waals surface area contributed by atoms with Gasteiger partial charge in [0, 0.05) is 0 Å². The summed E-state index contributed by atoms with van der Waals surface area (Å²) < 4.78 is 21.2.